The van der Waals surface area contributed by atoms with Gasteiger partial charge in [0.2, 0.25) is 0 Å². The molecule has 0 rings (SSSR count). The van der Waals surface area contributed by atoms with Crippen LogP contribution in [0.25, 0.3) is 0 Å². The number of hydrogen-bond donors (Lipinski definition) is 3. The van der Waals surface area contributed by atoms with Crippen LogP contribution in [0.3, 0.4) is 0 Å². The SMILES string of the molecule is CC(C)(C)C(N)(COCCOCCO)C(=O)O. The Hall–Kier alpha value is -0.690. The zero-order valence-electron chi connectivity index (χ0n) is 10.7. The minimum absolute atomic E-state index is 0.0437. The van der Waals surface area contributed by atoms with Gasteiger partial charge in [0.25, 0.3) is 0 Å². The highest BCUT2D eigenvalue weighted by Gasteiger charge is 2.45. The van der Waals surface area contributed by atoms with Crippen molar-refractivity contribution in [1.29, 1.82) is 0 Å². The molecule has 0 saturated carbocycles. The van der Waals surface area contributed by atoms with Crippen molar-refractivity contribution >= 4 is 5.97 Å². The largest absolute Gasteiger partial charge is 0.480 e. The zero-order valence-corrected chi connectivity index (χ0v) is 10.7. The molecule has 0 fully saturated rings. The van der Waals surface area contributed by atoms with E-state index in [0.29, 0.717) is 6.61 Å². The van der Waals surface area contributed by atoms with Gasteiger partial charge < -0.3 is 25.4 Å². The molecule has 0 aromatic rings. The van der Waals surface area contributed by atoms with Crippen LogP contribution < -0.4 is 5.73 Å². The van der Waals surface area contributed by atoms with Gasteiger partial charge in [0.05, 0.1) is 33.0 Å². The highest BCUT2D eigenvalue weighted by molar-refractivity contribution is 5.79. The first kappa shape index (κ1) is 16.3. The topological polar surface area (TPSA) is 102 Å². The van der Waals surface area contributed by atoms with E-state index >= 15 is 0 Å². The van der Waals surface area contributed by atoms with Crippen LogP contribution in [0.5, 0.6) is 0 Å². The van der Waals surface area contributed by atoms with E-state index in [0.717, 1.165) is 0 Å². The fourth-order valence-corrected chi connectivity index (χ4v) is 1.12. The first-order chi connectivity index (χ1) is 7.75. The van der Waals surface area contributed by atoms with E-state index in [1.165, 1.54) is 0 Å². The van der Waals surface area contributed by atoms with Gasteiger partial charge in [-0.2, -0.15) is 0 Å². The van der Waals surface area contributed by atoms with Crippen LogP contribution in [0.4, 0.5) is 0 Å². The Balaban J connectivity index is 4.09. The maximum atomic E-state index is 11.2. The van der Waals surface area contributed by atoms with Gasteiger partial charge in [0, 0.05) is 0 Å². The molecule has 6 heteroatoms. The van der Waals surface area contributed by atoms with Gasteiger partial charge in [-0.05, 0) is 5.41 Å². The van der Waals surface area contributed by atoms with E-state index in [9.17, 15) is 4.79 Å². The molecule has 0 bridgehead atoms. The maximum absolute atomic E-state index is 11.2. The van der Waals surface area contributed by atoms with Gasteiger partial charge in [-0.3, -0.25) is 4.79 Å². The minimum atomic E-state index is -1.43. The van der Waals surface area contributed by atoms with Gasteiger partial charge in [-0.15, -0.1) is 0 Å². The second-order valence-corrected chi connectivity index (χ2v) is 4.92. The summed E-state index contributed by atoms with van der Waals surface area (Å²) in [5.41, 5.74) is 3.82. The second-order valence-electron chi connectivity index (χ2n) is 4.92. The smallest absolute Gasteiger partial charge is 0.326 e. The molecule has 0 heterocycles. The Morgan fingerprint density at radius 2 is 1.71 bits per heavy atom. The van der Waals surface area contributed by atoms with Gasteiger partial charge in [0.15, 0.2) is 0 Å². The molecule has 1 unspecified atom stereocenters. The first-order valence-corrected chi connectivity index (χ1v) is 5.54. The van der Waals surface area contributed by atoms with E-state index < -0.39 is 16.9 Å². The highest BCUT2D eigenvalue weighted by Crippen LogP contribution is 2.28. The second kappa shape index (κ2) is 6.90. The normalized spacial score (nSPS) is 15.6. The standard InChI is InChI=1S/C11H23NO5/c1-10(2,3)11(12,9(14)15)8-17-7-6-16-5-4-13/h13H,4-8,12H2,1-3H3,(H,14,15). The average molecular weight is 249 g/mol. The molecular weight excluding hydrogens is 226 g/mol. The van der Waals surface area contributed by atoms with E-state index in [-0.39, 0.29) is 26.4 Å². The van der Waals surface area contributed by atoms with Crippen molar-refractivity contribution in [1.82, 2.24) is 0 Å². The molecule has 0 aliphatic heterocycles. The lowest BCUT2D eigenvalue weighted by molar-refractivity contribution is -0.151. The van der Waals surface area contributed by atoms with Crippen LogP contribution in [0, 0.1) is 5.41 Å². The molecular formula is C11H23NO5. The highest BCUT2D eigenvalue weighted by atomic mass is 16.5. The summed E-state index contributed by atoms with van der Waals surface area (Å²) in [6.45, 7) is 5.95. The molecule has 0 radical (unpaired) electrons. The number of nitrogens with two attached hydrogens (primary N) is 1. The van der Waals surface area contributed by atoms with Crippen LogP contribution in [-0.2, 0) is 14.3 Å². The monoisotopic (exact) mass is 249 g/mol. The van der Waals surface area contributed by atoms with Crippen molar-refractivity contribution in [3.63, 3.8) is 0 Å². The summed E-state index contributed by atoms with van der Waals surface area (Å²) >= 11 is 0. The number of aliphatic carboxylic acids is 1. The number of aliphatic hydroxyl groups is 1. The molecule has 4 N–H and O–H groups in total. The number of ether oxygens (including phenoxy) is 2. The summed E-state index contributed by atoms with van der Waals surface area (Å²) in [6, 6.07) is 0. The molecule has 17 heavy (non-hydrogen) atoms. The Morgan fingerprint density at radius 1 is 1.18 bits per heavy atom. The van der Waals surface area contributed by atoms with Gasteiger partial charge in [0.1, 0.15) is 5.54 Å². The Bertz CT molecular complexity index is 239. The lowest BCUT2D eigenvalue weighted by Crippen LogP contribution is -2.61. The van der Waals surface area contributed by atoms with E-state index in [4.69, 9.17) is 25.4 Å². The summed E-state index contributed by atoms with van der Waals surface area (Å²) in [7, 11) is 0. The Labute approximate surface area is 102 Å². The predicted molar refractivity (Wildman–Crippen MR) is 62.7 cm³/mol. The number of carboxylic acids is 1. The molecule has 0 aliphatic rings. The molecule has 1 atom stereocenters. The minimum Gasteiger partial charge on any atom is -0.480 e. The third kappa shape index (κ3) is 4.99. The quantitative estimate of drug-likeness (QED) is 0.517. The molecule has 0 saturated heterocycles. The van der Waals surface area contributed by atoms with Crippen molar-refractivity contribution in [2.45, 2.75) is 26.3 Å². The van der Waals surface area contributed by atoms with E-state index in [1.54, 1.807) is 20.8 Å². The van der Waals surface area contributed by atoms with Crippen molar-refractivity contribution in [2.24, 2.45) is 11.1 Å². The average Bonchev–Trinajstić information content (AvgIpc) is 2.20. The van der Waals surface area contributed by atoms with Gasteiger partial charge >= 0.3 is 5.97 Å². The Morgan fingerprint density at radius 3 is 2.12 bits per heavy atom. The Kier molecular flexibility index (Phi) is 6.62. The van der Waals surface area contributed by atoms with Crippen LogP contribution >= 0.6 is 0 Å². The molecule has 0 aromatic carbocycles. The third-order valence-electron chi connectivity index (χ3n) is 2.66. The summed E-state index contributed by atoms with van der Waals surface area (Å²) in [5, 5.41) is 17.6. The summed E-state index contributed by atoms with van der Waals surface area (Å²) in [6.07, 6.45) is 0. The van der Waals surface area contributed by atoms with E-state index in [2.05, 4.69) is 0 Å². The van der Waals surface area contributed by atoms with Crippen molar-refractivity contribution in [3.05, 3.63) is 0 Å². The third-order valence-corrected chi connectivity index (χ3v) is 2.66. The maximum Gasteiger partial charge on any atom is 0.326 e. The van der Waals surface area contributed by atoms with Gasteiger partial charge in [-0.1, -0.05) is 20.8 Å². The van der Waals surface area contributed by atoms with Crippen LogP contribution in [0.2, 0.25) is 0 Å². The number of hydrogen-bond acceptors (Lipinski definition) is 5. The van der Waals surface area contributed by atoms with Crippen molar-refractivity contribution < 1.29 is 24.5 Å². The van der Waals surface area contributed by atoms with Crippen molar-refractivity contribution in [2.75, 3.05) is 33.0 Å². The first-order valence-electron chi connectivity index (χ1n) is 5.54. The molecule has 0 amide bonds. The number of rotatable bonds is 8. The molecule has 102 valence electrons. The summed E-state index contributed by atoms with van der Waals surface area (Å²) in [5.74, 6) is -1.08. The number of carbonyl (C=O) groups is 1. The summed E-state index contributed by atoms with van der Waals surface area (Å²) < 4.78 is 10.2. The molecule has 0 aliphatic carbocycles. The predicted octanol–water partition coefficient (Wildman–Crippen LogP) is -0.160. The fourth-order valence-electron chi connectivity index (χ4n) is 1.12. The van der Waals surface area contributed by atoms with Crippen LogP contribution in [-0.4, -0.2) is 54.8 Å². The lowest BCUT2D eigenvalue weighted by atomic mass is 9.75. The zero-order chi connectivity index (χ0) is 13.5. The molecule has 6 nitrogen and oxygen atoms in total. The van der Waals surface area contributed by atoms with E-state index in [1.807, 2.05) is 0 Å². The molecule has 0 aromatic heterocycles. The lowest BCUT2D eigenvalue weighted by Gasteiger charge is -2.37. The number of carboxylic acid groups (broad SMARTS) is 1. The summed E-state index contributed by atoms with van der Waals surface area (Å²) in [4.78, 5) is 11.2. The fraction of sp³-hybridized carbons (Fsp3) is 0.909. The van der Waals surface area contributed by atoms with Crippen LogP contribution in [0.15, 0.2) is 0 Å². The molecule has 0 spiro atoms. The number of aliphatic hydroxyl groups excluding tert-OH is 1. The van der Waals surface area contributed by atoms with Gasteiger partial charge in [-0.25, -0.2) is 0 Å². The van der Waals surface area contributed by atoms with Crippen LogP contribution in [0.1, 0.15) is 20.8 Å². The van der Waals surface area contributed by atoms with Crippen molar-refractivity contribution in [3.8, 4) is 0 Å².